The molecular formula is C19H25Cl2N5. The summed E-state index contributed by atoms with van der Waals surface area (Å²) >= 11 is 12.1. The van der Waals surface area contributed by atoms with Crippen LogP contribution in [0.2, 0.25) is 10.0 Å². The van der Waals surface area contributed by atoms with Crippen LogP contribution >= 0.6 is 23.2 Å². The summed E-state index contributed by atoms with van der Waals surface area (Å²) < 4.78 is 0. The average Bonchev–Trinajstić information content (AvgIpc) is 2.65. The Bertz CT molecular complexity index is 744. The van der Waals surface area contributed by atoms with Gasteiger partial charge in [-0.1, -0.05) is 29.3 Å². The number of benzene rings is 1. The van der Waals surface area contributed by atoms with E-state index in [4.69, 9.17) is 23.2 Å². The Balaban J connectivity index is 1.57. The van der Waals surface area contributed by atoms with E-state index in [1.807, 2.05) is 43.4 Å². The van der Waals surface area contributed by atoms with Crippen LogP contribution in [0.1, 0.15) is 18.4 Å². The van der Waals surface area contributed by atoms with Crippen molar-refractivity contribution < 1.29 is 0 Å². The largest absolute Gasteiger partial charge is 0.356 e. The van der Waals surface area contributed by atoms with E-state index in [1.165, 1.54) is 5.56 Å². The van der Waals surface area contributed by atoms with Gasteiger partial charge in [-0.25, -0.2) is 4.98 Å². The van der Waals surface area contributed by atoms with Crippen molar-refractivity contribution >= 4 is 35.0 Å². The Labute approximate surface area is 165 Å². The third kappa shape index (κ3) is 4.58. The Hall–Kier alpha value is -1.56. The number of aromatic nitrogens is 2. The lowest BCUT2D eigenvalue weighted by Crippen LogP contribution is -2.43. The predicted octanol–water partition coefficient (Wildman–Crippen LogP) is 3.95. The number of anilines is 2. The molecule has 0 saturated carbocycles. The van der Waals surface area contributed by atoms with E-state index >= 15 is 0 Å². The minimum Gasteiger partial charge on any atom is -0.356 e. The molecule has 2 aromatic rings. The molecule has 0 amide bonds. The summed E-state index contributed by atoms with van der Waals surface area (Å²) in [5, 5.41) is 1.23. The number of hydrogen-bond acceptors (Lipinski definition) is 5. The zero-order valence-corrected chi connectivity index (χ0v) is 17.0. The van der Waals surface area contributed by atoms with E-state index in [-0.39, 0.29) is 0 Å². The third-order valence-electron chi connectivity index (χ3n) is 4.88. The van der Waals surface area contributed by atoms with E-state index in [1.54, 1.807) is 0 Å². The Kier molecular flexibility index (Phi) is 6.22. The highest BCUT2D eigenvalue weighted by Crippen LogP contribution is 2.25. The first-order valence-corrected chi connectivity index (χ1v) is 9.59. The lowest BCUT2D eigenvalue weighted by Gasteiger charge is -2.37. The highest BCUT2D eigenvalue weighted by molar-refractivity contribution is 6.42. The molecule has 3 rings (SSSR count). The molecule has 1 aromatic carbocycles. The summed E-state index contributed by atoms with van der Waals surface area (Å²) in [5.74, 6) is 1.72. The van der Waals surface area contributed by atoms with Gasteiger partial charge in [-0.05, 0) is 36.6 Å². The number of nitrogens with zero attached hydrogens (tertiary/aromatic N) is 5. The standard InChI is InChI=1S/C19H25Cl2N5/c1-24(2)19-22-9-6-18(23-19)25(3)15-7-10-26(11-8-15)13-14-4-5-16(20)17(21)12-14/h4-6,9,12,15H,7-8,10-11,13H2,1-3H3. The Morgan fingerprint density at radius 3 is 2.46 bits per heavy atom. The van der Waals surface area contributed by atoms with Gasteiger partial charge in [0, 0.05) is 53.0 Å². The van der Waals surface area contributed by atoms with E-state index in [9.17, 15) is 0 Å². The molecule has 0 radical (unpaired) electrons. The molecule has 2 heterocycles. The van der Waals surface area contributed by atoms with Gasteiger partial charge in [0.15, 0.2) is 0 Å². The van der Waals surface area contributed by atoms with Gasteiger partial charge in [-0.2, -0.15) is 4.98 Å². The van der Waals surface area contributed by atoms with Crippen LogP contribution in [0.4, 0.5) is 11.8 Å². The van der Waals surface area contributed by atoms with Crippen LogP contribution in [-0.2, 0) is 6.54 Å². The monoisotopic (exact) mass is 393 g/mol. The predicted molar refractivity (Wildman–Crippen MR) is 110 cm³/mol. The second-order valence-electron chi connectivity index (χ2n) is 6.98. The van der Waals surface area contributed by atoms with E-state index in [0.717, 1.165) is 44.2 Å². The minimum absolute atomic E-state index is 0.491. The summed E-state index contributed by atoms with van der Waals surface area (Å²) in [6.07, 6.45) is 4.05. The maximum atomic E-state index is 6.13. The first-order chi connectivity index (χ1) is 12.4. The number of halogens is 2. The van der Waals surface area contributed by atoms with Crippen molar-refractivity contribution in [2.75, 3.05) is 44.0 Å². The normalized spacial score (nSPS) is 15.9. The summed E-state index contributed by atoms with van der Waals surface area (Å²) in [6.45, 7) is 3.02. The van der Waals surface area contributed by atoms with Crippen molar-refractivity contribution in [2.24, 2.45) is 0 Å². The zero-order chi connectivity index (χ0) is 18.7. The van der Waals surface area contributed by atoms with E-state index in [2.05, 4.69) is 32.9 Å². The van der Waals surface area contributed by atoms with Crippen LogP contribution in [0.3, 0.4) is 0 Å². The van der Waals surface area contributed by atoms with Crippen LogP contribution in [-0.4, -0.2) is 55.1 Å². The van der Waals surface area contributed by atoms with Crippen LogP contribution in [0, 0.1) is 0 Å². The Morgan fingerprint density at radius 2 is 1.81 bits per heavy atom. The van der Waals surface area contributed by atoms with E-state index < -0.39 is 0 Å². The molecular weight excluding hydrogens is 369 g/mol. The van der Waals surface area contributed by atoms with Gasteiger partial charge in [0.1, 0.15) is 5.82 Å². The molecule has 7 heteroatoms. The van der Waals surface area contributed by atoms with Gasteiger partial charge in [0.2, 0.25) is 5.95 Å². The highest BCUT2D eigenvalue weighted by atomic mass is 35.5. The van der Waals surface area contributed by atoms with Crippen molar-refractivity contribution in [2.45, 2.75) is 25.4 Å². The van der Waals surface area contributed by atoms with Crippen molar-refractivity contribution in [3.05, 3.63) is 46.1 Å². The molecule has 0 aliphatic carbocycles. The van der Waals surface area contributed by atoms with Gasteiger partial charge in [0.05, 0.1) is 10.0 Å². The number of hydrogen-bond donors (Lipinski definition) is 0. The molecule has 1 aliphatic rings. The summed E-state index contributed by atoms with van der Waals surface area (Å²) in [5.41, 5.74) is 1.21. The molecule has 26 heavy (non-hydrogen) atoms. The quantitative estimate of drug-likeness (QED) is 0.768. The lowest BCUT2D eigenvalue weighted by molar-refractivity contribution is 0.203. The lowest BCUT2D eigenvalue weighted by atomic mass is 10.0. The summed E-state index contributed by atoms with van der Waals surface area (Å²) in [4.78, 5) is 15.6. The first-order valence-electron chi connectivity index (χ1n) is 8.83. The molecule has 0 atom stereocenters. The molecule has 1 aromatic heterocycles. The second kappa shape index (κ2) is 8.42. The van der Waals surface area contributed by atoms with Crippen LogP contribution in [0.5, 0.6) is 0 Å². The maximum absolute atomic E-state index is 6.13. The fraction of sp³-hybridized carbons (Fsp3) is 0.474. The number of rotatable bonds is 5. The summed E-state index contributed by atoms with van der Waals surface area (Å²) in [6, 6.07) is 8.36. The Morgan fingerprint density at radius 1 is 1.08 bits per heavy atom. The highest BCUT2D eigenvalue weighted by Gasteiger charge is 2.23. The van der Waals surface area contributed by atoms with Gasteiger partial charge in [-0.3, -0.25) is 4.90 Å². The number of likely N-dealkylation sites (tertiary alicyclic amines) is 1. The van der Waals surface area contributed by atoms with E-state index in [0.29, 0.717) is 16.1 Å². The topological polar surface area (TPSA) is 35.5 Å². The smallest absolute Gasteiger partial charge is 0.226 e. The molecule has 1 aliphatic heterocycles. The number of piperidine rings is 1. The van der Waals surface area contributed by atoms with Crippen molar-refractivity contribution in [1.82, 2.24) is 14.9 Å². The molecule has 140 valence electrons. The fourth-order valence-electron chi connectivity index (χ4n) is 3.30. The molecule has 5 nitrogen and oxygen atoms in total. The second-order valence-corrected chi connectivity index (χ2v) is 7.79. The van der Waals surface area contributed by atoms with Gasteiger partial charge < -0.3 is 9.80 Å². The van der Waals surface area contributed by atoms with Crippen LogP contribution in [0.15, 0.2) is 30.5 Å². The van der Waals surface area contributed by atoms with Crippen molar-refractivity contribution in [1.29, 1.82) is 0 Å². The fourth-order valence-corrected chi connectivity index (χ4v) is 3.62. The maximum Gasteiger partial charge on any atom is 0.226 e. The van der Waals surface area contributed by atoms with Crippen LogP contribution < -0.4 is 9.80 Å². The SMILES string of the molecule is CN(C)c1nccc(N(C)C2CCN(Cc3ccc(Cl)c(Cl)c3)CC2)n1. The average molecular weight is 394 g/mol. The van der Waals surface area contributed by atoms with Crippen LogP contribution in [0.25, 0.3) is 0 Å². The molecule has 1 saturated heterocycles. The zero-order valence-electron chi connectivity index (χ0n) is 15.5. The molecule has 0 N–H and O–H groups in total. The van der Waals surface area contributed by atoms with Gasteiger partial charge >= 0.3 is 0 Å². The minimum atomic E-state index is 0.491. The third-order valence-corrected chi connectivity index (χ3v) is 5.62. The molecule has 0 bridgehead atoms. The van der Waals surface area contributed by atoms with Gasteiger partial charge in [-0.15, -0.1) is 0 Å². The van der Waals surface area contributed by atoms with Gasteiger partial charge in [0.25, 0.3) is 0 Å². The molecule has 1 fully saturated rings. The summed E-state index contributed by atoms with van der Waals surface area (Å²) in [7, 11) is 6.04. The molecule has 0 spiro atoms. The van der Waals surface area contributed by atoms with Crippen molar-refractivity contribution in [3.63, 3.8) is 0 Å². The van der Waals surface area contributed by atoms with Crippen molar-refractivity contribution in [3.8, 4) is 0 Å². The first kappa shape index (κ1) is 19.2. The molecule has 0 unspecified atom stereocenters.